The first-order chi connectivity index (χ1) is 16.3. The number of carbonyl (C=O) groups excluding carboxylic acids is 1. The minimum Gasteiger partial charge on any atom is -0.373 e. The van der Waals surface area contributed by atoms with Crippen LogP contribution in [-0.2, 0) is 14.8 Å². The number of rotatable bonds is 4. The monoisotopic (exact) mass is 483 g/mol. The smallest absolute Gasteiger partial charge is 0.253 e. The van der Waals surface area contributed by atoms with E-state index in [0.717, 1.165) is 0 Å². The lowest BCUT2D eigenvalue weighted by atomic mass is 10.2. The molecule has 2 aromatic rings. The quantitative estimate of drug-likeness (QED) is 0.655. The van der Waals surface area contributed by atoms with E-state index in [1.54, 1.807) is 35.4 Å². The average molecular weight is 484 g/mol. The Hall–Kier alpha value is -3.00. The molecular weight excluding hydrogens is 454 g/mol. The molecular formula is C24H29N5O4S. The fourth-order valence-corrected chi connectivity index (χ4v) is 6.15. The van der Waals surface area contributed by atoms with Gasteiger partial charge in [0.05, 0.1) is 22.7 Å². The van der Waals surface area contributed by atoms with E-state index in [0.29, 0.717) is 49.5 Å². The third-order valence-corrected chi connectivity index (χ3v) is 7.92. The maximum atomic E-state index is 13.3. The van der Waals surface area contributed by atoms with Crippen LogP contribution in [0.1, 0.15) is 36.2 Å². The number of hydrogen-bond donors (Lipinski definition) is 0. The van der Waals surface area contributed by atoms with Crippen molar-refractivity contribution in [2.45, 2.75) is 37.4 Å². The van der Waals surface area contributed by atoms with Crippen molar-refractivity contribution in [1.82, 2.24) is 14.2 Å². The SMILES string of the molecule is CC1CN(S(=O)(=O)c2cccc(C(=O)N3CCCN(c4ncccc4C#N)CC3)c2)CC(C)O1. The number of pyridine rings is 1. The van der Waals surface area contributed by atoms with Crippen LogP contribution < -0.4 is 4.90 Å². The highest BCUT2D eigenvalue weighted by molar-refractivity contribution is 7.89. The molecule has 3 heterocycles. The van der Waals surface area contributed by atoms with Gasteiger partial charge in [-0.2, -0.15) is 9.57 Å². The van der Waals surface area contributed by atoms with Crippen molar-refractivity contribution in [2.24, 2.45) is 0 Å². The number of morpholine rings is 1. The summed E-state index contributed by atoms with van der Waals surface area (Å²) in [6.07, 6.45) is 1.99. The van der Waals surface area contributed by atoms with Gasteiger partial charge in [-0.15, -0.1) is 0 Å². The Bertz CT molecular complexity index is 1190. The molecule has 2 unspecified atom stereocenters. The molecule has 9 nitrogen and oxygen atoms in total. The lowest BCUT2D eigenvalue weighted by molar-refractivity contribution is -0.0440. The van der Waals surface area contributed by atoms with Crippen LogP contribution in [0.5, 0.6) is 0 Å². The highest BCUT2D eigenvalue weighted by Gasteiger charge is 2.33. The van der Waals surface area contributed by atoms with Crippen molar-refractivity contribution in [3.63, 3.8) is 0 Å². The molecule has 0 N–H and O–H groups in total. The minimum absolute atomic E-state index is 0.114. The van der Waals surface area contributed by atoms with Crippen molar-refractivity contribution >= 4 is 21.7 Å². The molecule has 2 atom stereocenters. The molecule has 34 heavy (non-hydrogen) atoms. The van der Waals surface area contributed by atoms with Crippen LogP contribution in [0.15, 0.2) is 47.5 Å². The molecule has 10 heteroatoms. The highest BCUT2D eigenvalue weighted by Crippen LogP contribution is 2.23. The molecule has 180 valence electrons. The molecule has 1 aromatic heterocycles. The minimum atomic E-state index is -3.74. The average Bonchev–Trinajstić information content (AvgIpc) is 3.09. The molecule has 1 amide bonds. The third-order valence-electron chi connectivity index (χ3n) is 6.09. The van der Waals surface area contributed by atoms with Crippen LogP contribution in [0.25, 0.3) is 0 Å². The first kappa shape index (κ1) is 24.1. The zero-order chi connectivity index (χ0) is 24.3. The van der Waals surface area contributed by atoms with Gasteiger partial charge in [-0.1, -0.05) is 6.07 Å². The number of amides is 1. The number of benzene rings is 1. The summed E-state index contributed by atoms with van der Waals surface area (Å²) < 4.78 is 33.6. The standard InChI is InChI=1S/C24H29N5O4S/c1-18-16-29(17-19(2)33-18)34(31,32)22-8-3-6-20(14-22)24(30)28-11-5-10-27(12-13-28)23-21(15-25)7-4-9-26-23/h3-4,6-9,14,18-19H,5,10-13,16-17H2,1-2H3. The Morgan fingerprint density at radius 3 is 2.59 bits per heavy atom. The second-order valence-corrected chi connectivity index (χ2v) is 10.7. The summed E-state index contributed by atoms with van der Waals surface area (Å²) in [6.45, 7) is 6.48. The van der Waals surface area contributed by atoms with E-state index in [1.807, 2.05) is 18.7 Å². The van der Waals surface area contributed by atoms with E-state index in [1.165, 1.54) is 16.4 Å². The van der Waals surface area contributed by atoms with Gasteiger partial charge in [0.25, 0.3) is 5.91 Å². The summed E-state index contributed by atoms with van der Waals surface area (Å²) in [5.41, 5.74) is 0.853. The zero-order valence-electron chi connectivity index (χ0n) is 19.4. The Labute approximate surface area is 200 Å². The number of ether oxygens (including phenoxy) is 1. The molecule has 0 bridgehead atoms. The van der Waals surface area contributed by atoms with Gasteiger partial charge < -0.3 is 14.5 Å². The van der Waals surface area contributed by atoms with Crippen LogP contribution in [-0.4, -0.2) is 80.0 Å². The summed E-state index contributed by atoms with van der Waals surface area (Å²) in [7, 11) is -3.74. The van der Waals surface area contributed by atoms with Crippen LogP contribution in [0.2, 0.25) is 0 Å². The van der Waals surface area contributed by atoms with Crippen LogP contribution >= 0.6 is 0 Å². The van der Waals surface area contributed by atoms with Crippen molar-refractivity contribution in [2.75, 3.05) is 44.2 Å². The van der Waals surface area contributed by atoms with E-state index in [2.05, 4.69) is 11.1 Å². The Balaban J connectivity index is 1.50. The van der Waals surface area contributed by atoms with Crippen LogP contribution in [0.3, 0.4) is 0 Å². The van der Waals surface area contributed by atoms with Crippen LogP contribution in [0, 0.1) is 11.3 Å². The molecule has 0 radical (unpaired) electrons. The van der Waals surface area contributed by atoms with Gasteiger partial charge in [0.15, 0.2) is 0 Å². The predicted octanol–water partition coefficient (Wildman–Crippen LogP) is 2.10. The maximum Gasteiger partial charge on any atom is 0.253 e. The van der Waals surface area contributed by atoms with E-state index in [4.69, 9.17) is 4.74 Å². The van der Waals surface area contributed by atoms with Gasteiger partial charge >= 0.3 is 0 Å². The molecule has 1 aromatic carbocycles. The van der Waals surface area contributed by atoms with Gasteiger partial charge in [-0.25, -0.2) is 13.4 Å². The fraction of sp³-hybridized carbons (Fsp3) is 0.458. The second-order valence-electron chi connectivity index (χ2n) is 8.73. The number of hydrogen-bond acceptors (Lipinski definition) is 7. The number of sulfonamides is 1. The summed E-state index contributed by atoms with van der Waals surface area (Å²) in [6, 6.07) is 11.9. The van der Waals surface area contributed by atoms with Crippen molar-refractivity contribution in [3.05, 3.63) is 53.7 Å². The molecule has 0 spiro atoms. The lowest BCUT2D eigenvalue weighted by Gasteiger charge is -2.34. The largest absolute Gasteiger partial charge is 0.373 e. The number of nitriles is 1. The second kappa shape index (κ2) is 10.1. The number of aromatic nitrogens is 1. The summed E-state index contributed by atoms with van der Waals surface area (Å²) >= 11 is 0. The Kier molecular flexibility index (Phi) is 7.16. The van der Waals surface area contributed by atoms with Crippen molar-refractivity contribution in [1.29, 1.82) is 5.26 Å². The molecule has 2 aliphatic rings. The van der Waals surface area contributed by atoms with Gasteiger partial charge in [0, 0.05) is 51.0 Å². The summed E-state index contributed by atoms with van der Waals surface area (Å²) in [4.78, 5) is 21.5. The normalized spacial score (nSPS) is 22.1. The number of anilines is 1. The third kappa shape index (κ3) is 5.06. The summed E-state index contributed by atoms with van der Waals surface area (Å²) in [5.74, 6) is 0.422. The molecule has 2 fully saturated rings. The first-order valence-corrected chi connectivity index (χ1v) is 12.9. The Morgan fingerprint density at radius 2 is 1.85 bits per heavy atom. The highest BCUT2D eigenvalue weighted by atomic mass is 32.2. The van der Waals surface area contributed by atoms with E-state index in [9.17, 15) is 18.5 Å². The van der Waals surface area contributed by atoms with E-state index >= 15 is 0 Å². The summed E-state index contributed by atoms with van der Waals surface area (Å²) in [5, 5.41) is 9.38. The predicted molar refractivity (Wildman–Crippen MR) is 127 cm³/mol. The lowest BCUT2D eigenvalue weighted by Crippen LogP contribution is -2.48. The molecule has 4 rings (SSSR count). The Morgan fingerprint density at radius 1 is 1.09 bits per heavy atom. The number of carbonyl (C=O) groups is 1. The van der Waals surface area contributed by atoms with E-state index in [-0.39, 0.29) is 36.1 Å². The van der Waals surface area contributed by atoms with Gasteiger partial charge in [-0.3, -0.25) is 4.79 Å². The first-order valence-electron chi connectivity index (χ1n) is 11.4. The molecule has 2 saturated heterocycles. The molecule has 0 aliphatic carbocycles. The van der Waals surface area contributed by atoms with Crippen LogP contribution in [0.4, 0.5) is 5.82 Å². The maximum absolute atomic E-state index is 13.3. The molecule has 0 saturated carbocycles. The van der Waals surface area contributed by atoms with E-state index < -0.39 is 10.0 Å². The van der Waals surface area contributed by atoms with Gasteiger partial charge in [0.1, 0.15) is 11.9 Å². The molecule has 2 aliphatic heterocycles. The topological polar surface area (TPSA) is 107 Å². The zero-order valence-corrected chi connectivity index (χ0v) is 20.2. The number of nitrogens with zero attached hydrogens (tertiary/aromatic N) is 5. The van der Waals surface area contributed by atoms with Crippen molar-refractivity contribution in [3.8, 4) is 6.07 Å². The van der Waals surface area contributed by atoms with Gasteiger partial charge in [0.2, 0.25) is 10.0 Å². The van der Waals surface area contributed by atoms with Crippen molar-refractivity contribution < 1.29 is 17.9 Å². The fourth-order valence-electron chi connectivity index (χ4n) is 4.52. The van der Waals surface area contributed by atoms with Gasteiger partial charge in [-0.05, 0) is 50.6 Å².